The van der Waals surface area contributed by atoms with Crippen LogP contribution in [0.3, 0.4) is 0 Å². The Hall–Kier alpha value is -0.330. The van der Waals surface area contributed by atoms with Crippen molar-refractivity contribution in [1.82, 2.24) is 0 Å². The van der Waals surface area contributed by atoms with E-state index in [1.54, 1.807) is 0 Å². The summed E-state index contributed by atoms with van der Waals surface area (Å²) in [5.41, 5.74) is 1.74. The Labute approximate surface area is 192 Å². The highest BCUT2D eigenvalue weighted by atomic mass is 16.1. The van der Waals surface area contributed by atoms with Gasteiger partial charge in [-0.05, 0) is 115 Å². The van der Waals surface area contributed by atoms with E-state index in [1.807, 2.05) is 0 Å². The van der Waals surface area contributed by atoms with Gasteiger partial charge in [-0.25, -0.2) is 0 Å². The fourth-order valence-electron chi connectivity index (χ4n) is 11.5. The summed E-state index contributed by atoms with van der Waals surface area (Å²) in [5, 5.41) is 0. The molecule has 0 heterocycles. The van der Waals surface area contributed by atoms with Gasteiger partial charge in [0, 0.05) is 11.8 Å². The van der Waals surface area contributed by atoms with Crippen molar-refractivity contribution in [3.63, 3.8) is 0 Å². The molecule has 176 valence electrons. The predicted octanol–water partition coefficient (Wildman–Crippen LogP) is 8.31. The van der Waals surface area contributed by atoms with Gasteiger partial charge in [-0.3, -0.25) is 4.79 Å². The molecule has 10 atom stereocenters. The van der Waals surface area contributed by atoms with E-state index in [-0.39, 0.29) is 5.41 Å². The Morgan fingerprint density at radius 1 is 0.710 bits per heavy atom. The standard InChI is InChI=1S/C30H50O/c1-19-11-14-27(5)17-18-29(7)21(25(27)20(19)2)9-10-23-28(6)15-13-24(31)26(3,4)22(28)12-16-30(23,29)8/h19-23,25H,9-18H2,1-8H3/t19-,20+,21+,22+,23-,25-,27-,28+,29-,30-/m1/s1. The molecule has 1 heteroatoms. The lowest BCUT2D eigenvalue weighted by Gasteiger charge is -2.73. The molecule has 5 aliphatic carbocycles. The van der Waals surface area contributed by atoms with Gasteiger partial charge >= 0.3 is 0 Å². The molecule has 0 aromatic rings. The van der Waals surface area contributed by atoms with Crippen molar-refractivity contribution in [1.29, 1.82) is 0 Å². The molecule has 31 heavy (non-hydrogen) atoms. The van der Waals surface area contributed by atoms with Crippen molar-refractivity contribution in [2.24, 2.45) is 62.6 Å². The maximum atomic E-state index is 12.9. The van der Waals surface area contributed by atoms with Gasteiger partial charge in [0.15, 0.2) is 0 Å². The van der Waals surface area contributed by atoms with Crippen LogP contribution in [0.1, 0.15) is 120 Å². The largest absolute Gasteiger partial charge is 0.299 e. The molecule has 5 saturated carbocycles. The number of ketones is 1. The summed E-state index contributed by atoms with van der Waals surface area (Å²) >= 11 is 0. The third-order valence-electron chi connectivity index (χ3n) is 13.8. The van der Waals surface area contributed by atoms with Gasteiger partial charge in [0.25, 0.3) is 0 Å². The van der Waals surface area contributed by atoms with Crippen LogP contribution in [-0.2, 0) is 4.79 Å². The molecule has 0 amide bonds. The molecule has 5 fully saturated rings. The van der Waals surface area contributed by atoms with E-state index >= 15 is 0 Å². The fraction of sp³-hybridized carbons (Fsp3) is 0.967. The Morgan fingerprint density at radius 3 is 2.13 bits per heavy atom. The van der Waals surface area contributed by atoms with Crippen molar-refractivity contribution < 1.29 is 4.79 Å². The van der Waals surface area contributed by atoms with Crippen molar-refractivity contribution in [3.8, 4) is 0 Å². The quantitative estimate of drug-likeness (QED) is 0.380. The van der Waals surface area contributed by atoms with Crippen molar-refractivity contribution in [2.75, 3.05) is 0 Å². The summed E-state index contributed by atoms with van der Waals surface area (Å²) in [7, 11) is 0. The molecule has 0 N–H and O–H groups in total. The van der Waals surface area contributed by atoms with Crippen LogP contribution in [0.15, 0.2) is 0 Å². The smallest absolute Gasteiger partial charge is 0.138 e. The van der Waals surface area contributed by atoms with Crippen molar-refractivity contribution >= 4 is 5.78 Å². The maximum Gasteiger partial charge on any atom is 0.138 e. The Bertz CT molecular complexity index is 766. The summed E-state index contributed by atoms with van der Waals surface area (Å²) < 4.78 is 0. The number of rotatable bonds is 0. The van der Waals surface area contributed by atoms with Gasteiger partial charge in [-0.15, -0.1) is 0 Å². The molecule has 0 spiro atoms. The van der Waals surface area contributed by atoms with Gasteiger partial charge in [0.2, 0.25) is 0 Å². The third kappa shape index (κ3) is 2.65. The minimum absolute atomic E-state index is 0.120. The van der Waals surface area contributed by atoms with Crippen LogP contribution in [-0.4, -0.2) is 5.78 Å². The van der Waals surface area contributed by atoms with Crippen LogP contribution >= 0.6 is 0 Å². The summed E-state index contributed by atoms with van der Waals surface area (Å²) in [6.45, 7) is 20.5. The second kappa shape index (κ2) is 6.63. The highest BCUT2D eigenvalue weighted by Gasteiger charge is 2.69. The molecule has 0 aromatic carbocycles. The normalized spacial score (nSPS) is 58.5. The summed E-state index contributed by atoms with van der Waals surface area (Å²) in [6, 6.07) is 0. The number of hydrogen-bond acceptors (Lipinski definition) is 1. The third-order valence-corrected chi connectivity index (χ3v) is 13.8. The van der Waals surface area contributed by atoms with E-state index in [0.29, 0.717) is 33.4 Å². The molecule has 0 aliphatic heterocycles. The lowest BCUT2D eigenvalue weighted by atomic mass is 9.31. The van der Waals surface area contributed by atoms with Crippen LogP contribution in [0, 0.1) is 62.6 Å². The van der Waals surface area contributed by atoms with Crippen LogP contribution < -0.4 is 0 Å². The molecule has 0 bridgehead atoms. The lowest BCUT2D eigenvalue weighted by Crippen LogP contribution is -2.67. The zero-order chi connectivity index (χ0) is 22.6. The van der Waals surface area contributed by atoms with E-state index in [0.717, 1.165) is 42.4 Å². The van der Waals surface area contributed by atoms with Gasteiger partial charge in [-0.2, -0.15) is 0 Å². The zero-order valence-corrected chi connectivity index (χ0v) is 21.9. The van der Waals surface area contributed by atoms with Crippen LogP contribution in [0.2, 0.25) is 0 Å². The first kappa shape index (κ1) is 22.5. The maximum absolute atomic E-state index is 12.9. The first-order valence-electron chi connectivity index (χ1n) is 13.8. The van der Waals surface area contributed by atoms with Crippen LogP contribution in [0.25, 0.3) is 0 Å². The van der Waals surface area contributed by atoms with E-state index in [4.69, 9.17) is 0 Å². The summed E-state index contributed by atoms with van der Waals surface area (Å²) in [4.78, 5) is 12.9. The molecule has 0 saturated heterocycles. The average Bonchev–Trinajstić information content (AvgIpc) is 2.69. The van der Waals surface area contributed by atoms with Gasteiger partial charge in [0.1, 0.15) is 5.78 Å². The Morgan fingerprint density at radius 2 is 1.42 bits per heavy atom. The first-order valence-corrected chi connectivity index (χ1v) is 13.8. The summed E-state index contributed by atoms with van der Waals surface area (Å²) in [5.74, 6) is 5.52. The number of carbonyl (C=O) groups excluding carboxylic acids is 1. The topological polar surface area (TPSA) is 17.1 Å². The van der Waals surface area contributed by atoms with Crippen molar-refractivity contribution in [3.05, 3.63) is 0 Å². The minimum Gasteiger partial charge on any atom is -0.299 e. The molecule has 0 unspecified atom stereocenters. The Kier molecular flexibility index (Phi) is 4.80. The van der Waals surface area contributed by atoms with Gasteiger partial charge in [-0.1, -0.05) is 55.4 Å². The van der Waals surface area contributed by atoms with Gasteiger partial charge in [0.05, 0.1) is 0 Å². The number of fused-ring (bicyclic) bond motifs is 7. The molecule has 5 aliphatic rings. The molecule has 0 radical (unpaired) electrons. The number of Topliss-reactive ketones (excluding diaryl/α,β-unsaturated/α-hetero) is 1. The molecule has 0 aromatic heterocycles. The monoisotopic (exact) mass is 426 g/mol. The SMILES string of the molecule is C[C@@H]1[C@@H]2[C@@H]3CC[C@@H]4[C@@]5(C)CCC(=O)C(C)(C)[C@@H]5CC[C@@]4(C)[C@]3(C)CC[C@@]2(C)CC[C@H]1C. The second-order valence-corrected chi connectivity index (χ2v) is 14.9. The number of carbonyl (C=O) groups is 1. The Balaban J connectivity index is 1.54. The predicted molar refractivity (Wildman–Crippen MR) is 130 cm³/mol. The van der Waals surface area contributed by atoms with Crippen molar-refractivity contribution in [2.45, 2.75) is 120 Å². The highest BCUT2D eigenvalue weighted by Crippen LogP contribution is 2.76. The molecule has 5 rings (SSSR count). The van der Waals surface area contributed by atoms with Gasteiger partial charge < -0.3 is 0 Å². The van der Waals surface area contributed by atoms with E-state index < -0.39 is 0 Å². The van der Waals surface area contributed by atoms with Crippen LogP contribution in [0.5, 0.6) is 0 Å². The second-order valence-electron chi connectivity index (χ2n) is 14.9. The molecule has 1 nitrogen and oxygen atoms in total. The molecular formula is C30H50O. The van der Waals surface area contributed by atoms with E-state index in [2.05, 4.69) is 55.4 Å². The first-order chi connectivity index (χ1) is 14.3. The fourth-order valence-corrected chi connectivity index (χ4v) is 11.5. The highest BCUT2D eigenvalue weighted by molar-refractivity contribution is 5.85. The van der Waals surface area contributed by atoms with E-state index in [1.165, 1.54) is 51.4 Å². The number of hydrogen-bond donors (Lipinski definition) is 0. The summed E-state index contributed by atoms with van der Waals surface area (Å²) in [6.07, 6.45) is 13.3. The van der Waals surface area contributed by atoms with E-state index in [9.17, 15) is 4.79 Å². The molecular weight excluding hydrogens is 376 g/mol. The average molecular weight is 427 g/mol. The minimum atomic E-state index is -0.120. The zero-order valence-electron chi connectivity index (χ0n) is 21.9. The van der Waals surface area contributed by atoms with Crippen LogP contribution in [0.4, 0.5) is 0 Å². The lowest BCUT2D eigenvalue weighted by molar-refractivity contribution is -0.244.